The summed E-state index contributed by atoms with van der Waals surface area (Å²) < 4.78 is 52.9. The molecule has 5 nitrogen and oxygen atoms in total. The molecule has 30 heavy (non-hydrogen) atoms. The van der Waals surface area contributed by atoms with Crippen LogP contribution in [0.1, 0.15) is 59.9 Å². The van der Waals surface area contributed by atoms with Crippen LogP contribution in [-0.2, 0) is 11.6 Å². The molecule has 1 atom stereocenters. The van der Waals surface area contributed by atoms with E-state index >= 15 is 0 Å². The van der Waals surface area contributed by atoms with Crippen molar-refractivity contribution in [1.29, 1.82) is 5.26 Å². The molecule has 0 aliphatic carbocycles. The van der Waals surface area contributed by atoms with Crippen molar-refractivity contribution in [3.05, 3.63) is 68.9 Å². The third kappa shape index (κ3) is 3.95. The van der Waals surface area contributed by atoms with Gasteiger partial charge >= 0.3 is 6.18 Å². The molecule has 1 N–H and O–H groups in total. The number of hydrogen-bond donors (Lipinski definition) is 1. The van der Waals surface area contributed by atoms with Gasteiger partial charge in [0.1, 0.15) is 17.1 Å². The Bertz CT molecular complexity index is 1080. The zero-order valence-electron chi connectivity index (χ0n) is 16.3. The Labute approximate surface area is 169 Å². The van der Waals surface area contributed by atoms with Crippen LogP contribution >= 0.6 is 0 Å². The summed E-state index contributed by atoms with van der Waals surface area (Å²) in [4.78, 5) is 28.0. The zero-order chi connectivity index (χ0) is 22.3. The first kappa shape index (κ1) is 21.6. The average Bonchev–Trinajstić information content (AvgIpc) is 3.16. The van der Waals surface area contributed by atoms with Gasteiger partial charge in [-0.2, -0.15) is 18.4 Å². The highest BCUT2D eigenvalue weighted by Gasteiger charge is 2.35. The van der Waals surface area contributed by atoms with Crippen molar-refractivity contribution in [3.8, 4) is 6.07 Å². The summed E-state index contributed by atoms with van der Waals surface area (Å²) in [6.45, 7) is 3.47. The maximum absolute atomic E-state index is 14.6. The monoisotopic (exact) mass is 421 g/mol. The Hall–Kier alpha value is -3.15. The van der Waals surface area contributed by atoms with Crippen LogP contribution in [-0.4, -0.2) is 22.3 Å². The Kier molecular flexibility index (Phi) is 5.46. The van der Waals surface area contributed by atoms with E-state index in [4.69, 9.17) is 0 Å². The van der Waals surface area contributed by atoms with Crippen LogP contribution in [0.15, 0.2) is 35.1 Å². The van der Waals surface area contributed by atoms with Crippen LogP contribution in [0.25, 0.3) is 0 Å². The van der Waals surface area contributed by atoms with Gasteiger partial charge in [0.25, 0.3) is 11.5 Å². The standard InChI is InChI=1S/C21H19F4N3O2/c1-20(2,11-26)14-7-5-12(10-15(14)22)16-4-3-9-28(16)19(30)13-6-8-17(21(23,24)25)27-18(13)29/h5-8,10,16H,3-4,9H2,1-2H3,(H,27,29)/t16-/m1/s1. The van der Waals surface area contributed by atoms with Crippen molar-refractivity contribution in [2.75, 3.05) is 6.54 Å². The molecular formula is C21H19F4N3O2. The minimum absolute atomic E-state index is 0.226. The first-order chi connectivity index (χ1) is 14.0. The number of hydrogen-bond acceptors (Lipinski definition) is 3. The third-order valence-corrected chi connectivity index (χ3v) is 5.29. The number of nitrogens with one attached hydrogen (secondary N) is 1. The summed E-state index contributed by atoms with van der Waals surface area (Å²) in [6, 6.07) is 7.42. The van der Waals surface area contributed by atoms with E-state index in [1.54, 1.807) is 24.9 Å². The number of halogens is 4. The van der Waals surface area contributed by atoms with E-state index in [0.717, 1.165) is 6.07 Å². The number of nitriles is 1. The molecule has 1 aromatic heterocycles. The molecule has 1 aliphatic heterocycles. The first-order valence-electron chi connectivity index (χ1n) is 9.28. The highest BCUT2D eigenvalue weighted by Crippen LogP contribution is 2.35. The number of aromatic nitrogens is 1. The molecule has 2 heterocycles. The molecule has 1 fully saturated rings. The van der Waals surface area contributed by atoms with Gasteiger partial charge in [-0.05, 0) is 50.5 Å². The molecule has 0 saturated carbocycles. The van der Waals surface area contributed by atoms with Crippen LogP contribution in [0, 0.1) is 17.1 Å². The van der Waals surface area contributed by atoms with Gasteiger partial charge < -0.3 is 9.88 Å². The van der Waals surface area contributed by atoms with Crippen LogP contribution < -0.4 is 5.56 Å². The minimum atomic E-state index is -4.73. The highest BCUT2D eigenvalue weighted by molar-refractivity contribution is 5.94. The van der Waals surface area contributed by atoms with Crippen molar-refractivity contribution < 1.29 is 22.4 Å². The number of pyridine rings is 1. The molecule has 1 aliphatic rings. The van der Waals surface area contributed by atoms with E-state index in [-0.39, 0.29) is 12.1 Å². The van der Waals surface area contributed by atoms with Gasteiger partial charge in [0, 0.05) is 12.1 Å². The van der Waals surface area contributed by atoms with Crippen LogP contribution in [0.5, 0.6) is 0 Å². The maximum Gasteiger partial charge on any atom is 0.431 e. The predicted octanol–water partition coefficient (Wildman–Crippen LogP) is 4.31. The molecule has 0 unspecified atom stereocenters. The smallest absolute Gasteiger partial charge is 0.331 e. The summed E-state index contributed by atoms with van der Waals surface area (Å²) in [5.41, 5.74) is -3.07. The molecule has 0 bridgehead atoms. The van der Waals surface area contributed by atoms with Gasteiger partial charge in [0.15, 0.2) is 0 Å². The molecule has 1 aromatic carbocycles. The van der Waals surface area contributed by atoms with Crippen molar-refractivity contribution in [1.82, 2.24) is 9.88 Å². The number of H-pyrrole nitrogens is 1. The van der Waals surface area contributed by atoms with Crippen LogP contribution in [0.4, 0.5) is 17.6 Å². The number of likely N-dealkylation sites (tertiary alicyclic amines) is 1. The fourth-order valence-electron chi connectivity index (χ4n) is 3.62. The summed E-state index contributed by atoms with van der Waals surface area (Å²) in [6.07, 6.45) is -3.61. The zero-order valence-corrected chi connectivity index (χ0v) is 16.3. The number of rotatable bonds is 3. The van der Waals surface area contributed by atoms with E-state index in [1.165, 1.54) is 17.0 Å². The topological polar surface area (TPSA) is 77.0 Å². The van der Waals surface area contributed by atoms with Gasteiger partial charge in [0.2, 0.25) is 0 Å². The summed E-state index contributed by atoms with van der Waals surface area (Å²) in [5.74, 6) is -1.29. The Morgan fingerprint density at radius 2 is 1.93 bits per heavy atom. The van der Waals surface area contributed by atoms with Crippen LogP contribution in [0.3, 0.4) is 0 Å². The number of nitrogens with zero attached hydrogens (tertiary/aromatic N) is 2. The predicted molar refractivity (Wildman–Crippen MR) is 100 cm³/mol. The molecule has 0 radical (unpaired) electrons. The molecule has 0 spiro atoms. The largest absolute Gasteiger partial charge is 0.431 e. The number of amides is 1. The fourth-order valence-corrected chi connectivity index (χ4v) is 3.62. The van der Waals surface area contributed by atoms with Crippen molar-refractivity contribution in [2.45, 2.75) is 44.3 Å². The van der Waals surface area contributed by atoms with E-state index < -0.39 is 46.2 Å². The maximum atomic E-state index is 14.6. The lowest BCUT2D eigenvalue weighted by Crippen LogP contribution is -2.35. The number of carbonyl (C=O) groups excluding carboxylic acids is 1. The third-order valence-electron chi connectivity index (χ3n) is 5.29. The Morgan fingerprint density at radius 1 is 1.23 bits per heavy atom. The van der Waals surface area contributed by atoms with Gasteiger partial charge in [-0.1, -0.05) is 12.1 Å². The quantitative estimate of drug-likeness (QED) is 0.751. The van der Waals surface area contributed by atoms with Crippen LogP contribution in [0.2, 0.25) is 0 Å². The Morgan fingerprint density at radius 3 is 2.50 bits per heavy atom. The van der Waals surface area contributed by atoms with Crippen molar-refractivity contribution in [3.63, 3.8) is 0 Å². The van der Waals surface area contributed by atoms with Gasteiger partial charge in [-0.25, -0.2) is 4.39 Å². The lowest BCUT2D eigenvalue weighted by atomic mass is 9.85. The second-order valence-corrected chi connectivity index (χ2v) is 7.75. The van der Waals surface area contributed by atoms with E-state index in [9.17, 15) is 32.4 Å². The van der Waals surface area contributed by atoms with Crippen molar-refractivity contribution >= 4 is 5.91 Å². The molecule has 9 heteroatoms. The van der Waals surface area contributed by atoms with E-state index in [0.29, 0.717) is 24.5 Å². The molecule has 3 rings (SSSR count). The number of alkyl halides is 3. The summed E-state index contributed by atoms with van der Waals surface area (Å²) in [5, 5.41) is 9.22. The number of carbonyl (C=O) groups is 1. The second-order valence-electron chi connectivity index (χ2n) is 7.75. The molecule has 2 aromatic rings. The lowest BCUT2D eigenvalue weighted by molar-refractivity contribution is -0.141. The van der Waals surface area contributed by atoms with Gasteiger partial charge in [-0.3, -0.25) is 9.59 Å². The average molecular weight is 421 g/mol. The van der Waals surface area contributed by atoms with E-state index in [1.807, 2.05) is 6.07 Å². The lowest BCUT2D eigenvalue weighted by Gasteiger charge is -2.26. The summed E-state index contributed by atoms with van der Waals surface area (Å²) in [7, 11) is 0. The normalized spacial score (nSPS) is 17.1. The molecule has 1 amide bonds. The van der Waals surface area contributed by atoms with Gasteiger partial charge in [-0.15, -0.1) is 0 Å². The molecule has 1 saturated heterocycles. The molecule has 158 valence electrons. The van der Waals surface area contributed by atoms with E-state index in [2.05, 4.69) is 0 Å². The second kappa shape index (κ2) is 7.59. The number of benzene rings is 1. The fraction of sp³-hybridized carbons (Fsp3) is 0.381. The molecular weight excluding hydrogens is 402 g/mol. The highest BCUT2D eigenvalue weighted by atomic mass is 19.4. The minimum Gasteiger partial charge on any atom is -0.331 e. The summed E-state index contributed by atoms with van der Waals surface area (Å²) >= 11 is 0. The number of aromatic amines is 1. The first-order valence-corrected chi connectivity index (χ1v) is 9.28. The van der Waals surface area contributed by atoms with Gasteiger partial charge in [0.05, 0.1) is 17.5 Å². The SMILES string of the molecule is CC(C)(C#N)c1ccc([C@H]2CCCN2C(=O)c2ccc(C(F)(F)F)[nH]c2=O)cc1F. The van der Waals surface area contributed by atoms with Crippen molar-refractivity contribution in [2.24, 2.45) is 0 Å². The Balaban J connectivity index is 1.91.